The molecule has 3 N–H and O–H groups in total. The molecule has 0 heterocycles. The van der Waals surface area contributed by atoms with E-state index in [-0.39, 0.29) is 0 Å². The molecule has 0 aliphatic heterocycles. The number of nitrogens with two attached hydrogens (primary N) is 1. The van der Waals surface area contributed by atoms with Crippen LogP contribution in [0.3, 0.4) is 0 Å². The van der Waals surface area contributed by atoms with Gasteiger partial charge in [-0.3, -0.25) is 0 Å². The second-order valence-electron chi connectivity index (χ2n) is 6.04. The van der Waals surface area contributed by atoms with Gasteiger partial charge in [0, 0.05) is 6.04 Å². The molecule has 0 aliphatic rings. The maximum atomic E-state index is 5.99. The molecule has 0 aromatic rings. The number of unbranched alkanes of at least 4 members (excludes halogenated alkanes) is 3. The average Bonchev–Trinajstić information content (AvgIpc) is 2.25. The number of rotatable bonds is 11. The standard InChI is InChI=1S/C15H34N2/c1-13(2)9-7-5-6-8-11-17-12-10-15(16)14(3)4/h13-15,17H,5-12,16H2,1-4H3. The van der Waals surface area contributed by atoms with Gasteiger partial charge in [-0.2, -0.15) is 0 Å². The second-order valence-corrected chi connectivity index (χ2v) is 6.04. The summed E-state index contributed by atoms with van der Waals surface area (Å²) in [6, 6.07) is 0.355. The summed E-state index contributed by atoms with van der Waals surface area (Å²) in [5.74, 6) is 1.47. The zero-order valence-corrected chi connectivity index (χ0v) is 12.5. The third-order valence-corrected chi connectivity index (χ3v) is 3.40. The molecule has 104 valence electrons. The van der Waals surface area contributed by atoms with Gasteiger partial charge in [0.05, 0.1) is 0 Å². The van der Waals surface area contributed by atoms with E-state index in [0.717, 1.165) is 25.4 Å². The zero-order chi connectivity index (χ0) is 13.1. The number of nitrogens with one attached hydrogen (secondary N) is 1. The fourth-order valence-corrected chi connectivity index (χ4v) is 1.88. The van der Waals surface area contributed by atoms with Crippen molar-refractivity contribution in [3.05, 3.63) is 0 Å². The smallest absolute Gasteiger partial charge is 0.00739 e. The normalized spacial score (nSPS) is 13.6. The van der Waals surface area contributed by atoms with Gasteiger partial charge in [-0.05, 0) is 37.8 Å². The van der Waals surface area contributed by atoms with Gasteiger partial charge in [-0.15, -0.1) is 0 Å². The molecule has 0 aromatic heterocycles. The summed E-state index contributed by atoms with van der Waals surface area (Å²) < 4.78 is 0. The summed E-state index contributed by atoms with van der Waals surface area (Å²) in [5, 5.41) is 3.49. The maximum Gasteiger partial charge on any atom is 0.00739 e. The molecule has 0 saturated heterocycles. The third-order valence-electron chi connectivity index (χ3n) is 3.40. The Hall–Kier alpha value is -0.0800. The van der Waals surface area contributed by atoms with Crippen molar-refractivity contribution in [1.29, 1.82) is 0 Å². The molecule has 0 saturated carbocycles. The molecule has 0 radical (unpaired) electrons. The van der Waals surface area contributed by atoms with Crippen LogP contribution in [0.2, 0.25) is 0 Å². The van der Waals surface area contributed by atoms with Crippen molar-refractivity contribution in [2.24, 2.45) is 17.6 Å². The van der Waals surface area contributed by atoms with Crippen molar-refractivity contribution in [1.82, 2.24) is 5.32 Å². The molecule has 0 rings (SSSR count). The minimum atomic E-state index is 0.355. The topological polar surface area (TPSA) is 38.0 Å². The molecular formula is C15H34N2. The van der Waals surface area contributed by atoms with Crippen LogP contribution in [-0.2, 0) is 0 Å². The van der Waals surface area contributed by atoms with Crippen LogP contribution in [0.4, 0.5) is 0 Å². The average molecular weight is 242 g/mol. The van der Waals surface area contributed by atoms with E-state index in [1.54, 1.807) is 0 Å². The fraction of sp³-hybridized carbons (Fsp3) is 1.00. The molecule has 0 bridgehead atoms. The van der Waals surface area contributed by atoms with Crippen LogP contribution in [0.1, 0.15) is 66.2 Å². The lowest BCUT2D eigenvalue weighted by Gasteiger charge is -2.15. The SMILES string of the molecule is CC(C)CCCCCCNCCC(N)C(C)C. The summed E-state index contributed by atoms with van der Waals surface area (Å²) in [6.07, 6.45) is 7.97. The molecular weight excluding hydrogens is 208 g/mol. The Bertz CT molecular complexity index is 155. The van der Waals surface area contributed by atoms with Crippen LogP contribution in [-0.4, -0.2) is 19.1 Å². The Morgan fingerprint density at radius 1 is 0.824 bits per heavy atom. The van der Waals surface area contributed by atoms with Crippen LogP contribution in [0.25, 0.3) is 0 Å². The van der Waals surface area contributed by atoms with E-state index in [0.29, 0.717) is 12.0 Å². The zero-order valence-electron chi connectivity index (χ0n) is 12.5. The van der Waals surface area contributed by atoms with Crippen molar-refractivity contribution in [2.75, 3.05) is 13.1 Å². The van der Waals surface area contributed by atoms with Gasteiger partial charge in [0.15, 0.2) is 0 Å². The lowest BCUT2D eigenvalue weighted by Crippen LogP contribution is -2.31. The monoisotopic (exact) mass is 242 g/mol. The van der Waals surface area contributed by atoms with E-state index in [4.69, 9.17) is 5.73 Å². The molecule has 1 unspecified atom stereocenters. The molecule has 17 heavy (non-hydrogen) atoms. The summed E-state index contributed by atoms with van der Waals surface area (Å²) in [4.78, 5) is 0. The highest BCUT2D eigenvalue weighted by atomic mass is 14.9. The highest BCUT2D eigenvalue weighted by Crippen LogP contribution is 2.09. The van der Waals surface area contributed by atoms with Gasteiger partial charge in [0.2, 0.25) is 0 Å². The predicted octanol–water partition coefficient (Wildman–Crippen LogP) is 3.56. The van der Waals surface area contributed by atoms with Crippen LogP contribution in [0, 0.1) is 11.8 Å². The summed E-state index contributed by atoms with van der Waals surface area (Å²) in [6.45, 7) is 11.2. The molecule has 0 fully saturated rings. The van der Waals surface area contributed by atoms with E-state index in [2.05, 4.69) is 33.0 Å². The van der Waals surface area contributed by atoms with Crippen LogP contribution in [0.5, 0.6) is 0 Å². The van der Waals surface area contributed by atoms with Crippen molar-refractivity contribution in [2.45, 2.75) is 72.3 Å². The van der Waals surface area contributed by atoms with Crippen molar-refractivity contribution in [3.63, 3.8) is 0 Å². The maximum absolute atomic E-state index is 5.99. The van der Waals surface area contributed by atoms with Crippen LogP contribution < -0.4 is 11.1 Å². The van der Waals surface area contributed by atoms with E-state index < -0.39 is 0 Å². The summed E-state index contributed by atoms with van der Waals surface area (Å²) in [7, 11) is 0. The van der Waals surface area contributed by atoms with Gasteiger partial charge < -0.3 is 11.1 Å². The Morgan fingerprint density at radius 2 is 1.47 bits per heavy atom. The van der Waals surface area contributed by atoms with E-state index in [1.165, 1.54) is 32.1 Å². The van der Waals surface area contributed by atoms with Crippen LogP contribution in [0.15, 0.2) is 0 Å². The molecule has 0 aromatic carbocycles. The second kappa shape index (κ2) is 11.0. The molecule has 0 spiro atoms. The Morgan fingerprint density at radius 3 is 2.06 bits per heavy atom. The lowest BCUT2D eigenvalue weighted by molar-refractivity contribution is 0.445. The highest BCUT2D eigenvalue weighted by molar-refractivity contribution is 4.66. The molecule has 2 nitrogen and oxygen atoms in total. The largest absolute Gasteiger partial charge is 0.327 e. The van der Waals surface area contributed by atoms with Gasteiger partial charge in [-0.25, -0.2) is 0 Å². The van der Waals surface area contributed by atoms with E-state index in [9.17, 15) is 0 Å². The van der Waals surface area contributed by atoms with Crippen LogP contribution >= 0.6 is 0 Å². The minimum Gasteiger partial charge on any atom is -0.327 e. The van der Waals surface area contributed by atoms with Gasteiger partial charge >= 0.3 is 0 Å². The van der Waals surface area contributed by atoms with Gasteiger partial charge in [0.1, 0.15) is 0 Å². The molecule has 0 amide bonds. The summed E-state index contributed by atoms with van der Waals surface area (Å²) >= 11 is 0. The van der Waals surface area contributed by atoms with Crippen molar-refractivity contribution in [3.8, 4) is 0 Å². The van der Waals surface area contributed by atoms with E-state index in [1.807, 2.05) is 0 Å². The fourth-order valence-electron chi connectivity index (χ4n) is 1.88. The third kappa shape index (κ3) is 12.2. The summed E-state index contributed by atoms with van der Waals surface area (Å²) in [5.41, 5.74) is 5.99. The van der Waals surface area contributed by atoms with Crippen molar-refractivity contribution < 1.29 is 0 Å². The number of hydrogen-bond donors (Lipinski definition) is 2. The van der Waals surface area contributed by atoms with Gasteiger partial charge in [-0.1, -0.05) is 53.4 Å². The highest BCUT2D eigenvalue weighted by Gasteiger charge is 2.05. The first-order valence-corrected chi connectivity index (χ1v) is 7.50. The van der Waals surface area contributed by atoms with Crippen molar-refractivity contribution >= 4 is 0 Å². The first kappa shape index (κ1) is 16.9. The molecule has 2 heteroatoms. The van der Waals surface area contributed by atoms with Gasteiger partial charge in [0.25, 0.3) is 0 Å². The number of hydrogen-bond acceptors (Lipinski definition) is 2. The predicted molar refractivity (Wildman–Crippen MR) is 78.2 cm³/mol. The Balaban J connectivity index is 3.09. The first-order chi connectivity index (χ1) is 8.04. The van der Waals surface area contributed by atoms with E-state index >= 15 is 0 Å². The first-order valence-electron chi connectivity index (χ1n) is 7.50. The molecule has 1 atom stereocenters. The minimum absolute atomic E-state index is 0.355. The Labute approximate surface area is 109 Å². The molecule has 0 aliphatic carbocycles. The Kier molecular flexibility index (Phi) is 11.0. The quantitative estimate of drug-likeness (QED) is 0.544. The lowest BCUT2D eigenvalue weighted by atomic mass is 10.0.